The van der Waals surface area contributed by atoms with Crippen molar-refractivity contribution >= 4 is 54.9 Å². The number of Topliss-reactive ketones (excluding diaryl/α,β-unsaturated/α-hetero) is 1. The molecule has 1 aliphatic carbocycles. The highest BCUT2D eigenvalue weighted by molar-refractivity contribution is 9.13. The van der Waals surface area contributed by atoms with Crippen molar-refractivity contribution < 1.29 is 14.7 Å². The van der Waals surface area contributed by atoms with Crippen molar-refractivity contribution in [2.24, 2.45) is 5.41 Å². The van der Waals surface area contributed by atoms with Crippen LogP contribution in [0.15, 0.2) is 14.3 Å². The van der Waals surface area contributed by atoms with E-state index in [4.69, 9.17) is 5.11 Å². The van der Waals surface area contributed by atoms with Gasteiger partial charge in [0.05, 0.1) is 15.1 Å². The Kier molecular flexibility index (Phi) is 5.42. The molecule has 2 rings (SSSR count). The first kappa shape index (κ1) is 16.2. The lowest BCUT2D eigenvalue weighted by atomic mass is 9.69. The molecule has 1 fully saturated rings. The van der Waals surface area contributed by atoms with Crippen LogP contribution in [0.1, 0.15) is 54.6 Å². The van der Waals surface area contributed by atoms with E-state index in [0.29, 0.717) is 11.3 Å². The van der Waals surface area contributed by atoms with Gasteiger partial charge in [0.2, 0.25) is 0 Å². The van der Waals surface area contributed by atoms with Crippen LogP contribution in [0, 0.1) is 5.41 Å². The second-order valence-electron chi connectivity index (χ2n) is 5.46. The zero-order valence-corrected chi connectivity index (χ0v) is 14.9. The Morgan fingerprint density at radius 3 is 2.35 bits per heavy atom. The van der Waals surface area contributed by atoms with Gasteiger partial charge in [-0.1, -0.05) is 19.3 Å². The first-order chi connectivity index (χ1) is 9.42. The molecule has 0 spiro atoms. The SMILES string of the molecule is O=C(O)CC1(CC(=O)c2cc(Br)c(Br)s2)CCCCC1. The molecule has 1 aliphatic rings. The standard InChI is InChI=1S/C14H16Br2O3S/c15-9-6-11(20-13(9)16)10(17)7-14(8-12(18)19)4-2-1-3-5-14/h6H,1-5,7-8H2,(H,18,19). The molecule has 0 aliphatic heterocycles. The van der Waals surface area contributed by atoms with Gasteiger partial charge in [-0.2, -0.15) is 0 Å². The molecule has 1 N–H and O–H groups in total. The number of carbonyl (C=O) groups is 2. The van der Waals surface area contributed by atoms with Crippen LogP contribution in [0.2, 0.25) is 0 Å². The summed E-state index contributed by atoms with van der Waals surface area (Å²) in [6, 6.07) is 1.81. The lowest BCUT2D eigenvalue weighted by Crippen LogP contribution is -2.30. The molecule has 1 aromatic rings. The number of hydrogen-bond donors (Lipinski definition) is 1. The minimum absolute atomic E-state index is 0.0598. The van der Waals surface area contributed by atoms with Gasteiger partial charge in [-0.05, 0) is 56.2 Å². The Hall–Kier alpha value is -0.200. The van der Waals surface area contributed by atoms with Crippen LogP contribution in [-0.2, 0) is 4.79 Å². The molecule has 1 aromatic heterocycles. The Bertz CT molecular complexity index is 499. The van der Waals surface area contributed by atoms with Crippen LogP contribution in [0.3, 0.4) is 0 Å². The van der Waals surface area contributed by atoms with Gasteiger partial charge in [-0.25, -0.2) is 0 Å². The number of carbonyl (C=O) groups excluding carboxylic acids is 1. The molecule has 0 bridgehead atoms. The first-order valence-electron chi connectivity index (χ1n) is 6.62. The van der Waals surface area contributed by atoms with Gasteiger partial charge < -0.3 is 5.11 Å². The van der Waals surface area contributed by atoms with Gasteiger partial charge in [0.15, 0.2) is 5.78 Å². The van der Waals surface area contributed by atoms with Crippen LogP contribution in [0.5, 0.6) is 0 Å². The third-order valence-electron chi connectivity index (χ3n) is 3.90. The van der Waals surface area contributed by atoms with E-state index in [9.17, 15) is 9.59 Å². The molecule has 0 atom stereocenters. The van der Waals surface area contributed by atoms with Crippen LogP contribution < -0.4 is 0 Å². The Morgan fingerprint density at radius 2 is 1.85 bits per heavy atom. The second-order valence-corrected chi connectivity index (χ2v) is 8.69. The van der Waals surface area contributed by atoms with Gasteiger partial charge >= 0.3 is 5.97 Å². The summed E-state index contributed by atoms with van der Waals surface area (Å²) in [5.41, 5.74) is -0.343. The third kappa shape index (κ3) is 3.92. The first-order valence-corrected chi connectivity index (χ1v) is 9.02. The van der Waals surface area contributed by atoms with Crippen molar-refractivity contribution in [3.8, 4) is 0 Å². The maximum absolute atomic E-state index is 12.4. The normalized spacial score (nSPS) is 17.9. The number of rotatable bonds is 5. The van der Waals surface area contributed by atoms with Crippen molar-refractivity contribution in [2.75, 3.05) is 0 Å². The molecule has 6 heteroatoms. The zero-order chi connectivity index (χ0) is 14.8. The van der Waals surface area contributed by atoms with Crippen molar-refractivity contribution in [2.45, 2.75) is 44.9 Å². The predicted molar refractivity (Wildman–Crippen MR) is 86.4 cm³/mol. The van der Waals surface area contributed by atoms with Crippen LogP contribution in [0.4, 0.5) is 0 Å². The number of thiophene rings is 1. The summed E-state index contributed by atoms with van der Waals surface area (Å²) in [7, 11) is 0. The Morgan fingerprint density at radius 1 is 1.20 bits per heavy atom. The summed E-state index contributed by atoms with van der Waals surface area (Å²) in [4.78, 5) is 24.3. The van der Waals surface area contributed by atoms with Crippen LogP contribution in [-0.4, -0.2) is 16.9 Å². The maximum atomic E-state index is 12.4. The fourth-order valence-corrected chi connectivity index (χ4v) is 4.92. The second kappa shape index (κ2) is 6.71. The minimum atomic E-state index is -0.798. The van der Waals surface area contributed by atoms with E-state index in [-0.39, 0.29) is 17.6 Å². The van der Waals surface area contributed by atoms with Gasteiger partial charge in [0.1, 0.15) is 0 Å². The third-order valence-corrected chi connectivity index (χ3v) is 7.19. The van der Waals surface area contributed by atoms with Gasteiger partial charge in [-0.15, -0.1) is 11.3 Å². The smallest absolute Gasteiger partial charge is 0.303 e. The fourth-order valence-electron chi connectivity index (χ4n) is 2.95. The van der Waals surface area contributed by atoms with Crippen LogP contribution in [0.25, 0.3) is 0 Å². The molecule has 0 saturated heterocycles. The average molecular weight is 424 g/mol. The highest BCUT2D eigenvalue weighted by Crippen LogP contribution is 2.44. The summed E-state index contributed by atoms with van der Waals surface area (Å²) in [5.74, 6) is -0.738. The van der Waals surface area contributed by atoms with Crippen molar-refractivity contribution in [1.82, 2.24) is 0 Å². The number of aliphatic carboxylic acids is 1. The molecule has 0 radical (unpaired) electrons. The summed E-state index contributed by atoms with van der Waals surface area (Å²) in [5, 5.41) is 9.14. The van der Waals surface area contributed by atoms with Gasteiger partial charge in [0.25, 0.3) is 0 Å². The molecular weight excluding hydrogens is 408 g/mol. The largest absolute Gasteiger partial charge is 0.481 e. The molecule has 0 aromatic carbocycles. The highest BCUT2D eigenvalue weighted by Gasteiger charge is 2.37. The van der Waals surface area contributed by atoms with E-state index in [1.165, 1.54) is 11.3 Å². The molecule has 110 valence electrons. The van der Waals surface area contributed by atoms with Gasteiger partial charge in [-0.3, -0.25) is 9.59 Å². The van der Waals surface area contributed by atoms with Gasteiger partial charge in [0, 0.05) is 10.9 Å². The van der Waals surface area contributed by atoms with Crippen LogP contribution >= 0.6 is 43.2 Å². The quantitative estimate of drug-likeness (QED) is 0.656. The summed E-state index contributed by atoms with van der Waals surface area (Å²) in [6.07, 6.45) is 5.34. The molecule has 0 unspecified atom stereocenters. The van der Waals surface area contributed by atoms with Crippen molar-refractivity contribution in [1.29, 1.82) is 0 Å². The number of hydrogen-bond acceptors (Lipinski definition) is 3. The zero-order valence-electron chi connectivity index (χ0n) is 11.0. The molecule has 1 heterocycles. The number of carboxylic acid groups (broad SMARTS) is 1. The summed E-state index contributed by atoms with van der Waals surface area (Å²) >= 11 is 8.17. The summed E-state index contributed by atoms with van der Waals surface area (Å²) < 4.78 is 1.78. The minimum Gasteiger partial charge on any atom is -0.481 e. The van der Waals surface area contributed by atoms with E-state index >= 15 is 0 Å². The summed E-state index contributed by atoms with van der Waals surface area (Å²) in [6.45, 7) is 0. The van der Waals surface area contributed by atoms with E-state index in [0.717, 1.165) is 40.4 Å². The van der Waals surface area contributed by atoms with E-state index in [2.05, 4.69) is 31.9 Å². The highest BCUT2D eigenvalue weighted by atomic mass is 79.9. The molecule has 3 nitrogen and oxygen atoms in total. The topological polar surface area (TPSA) is 54.4 Å². The van der Waals surface area contributed by atoms with E-state index in [1.54, 1.807) is 0 Å². The number of halogens is 2. The number of ketones is 1. The molecule has 1 saturated carbocycles. The number of carboxylic acids is 1. The maximum Gasteiger partial charge on any atom is 0.303 e. The van der Waals surface area contributed by atoms with Crippen molar-refractivity contribution in [3.63, 3.8) is 0 Å². The average Bonchev–Trinajstić information content (AvgIpc) is 2.69. The molecular formula is C14H16Br2O3S. The molecule has 0 amide bonds. The lowest BCUT2D eigenvalue weighted by Gasteiger charge is -2.35. The fraction of sp³-hybridized carbons (Fsp3) is 0.571. The van der Waals surface area contributed by atoms with E-state index < -0.39 is 5.97 Å². The van der Waals surface area contributed by atoms with E-state index in [1.807, 2.05) is 6.07 Å². The monoisotopic (exact) mass is 422 g/mol. The Balaban J connectivity index is 2.14. The predicted octanol–water partition coefficient (Wildman–Crippen LogP) is 5.27. The molecule has 20 heavy (non-hydrogen) atoms. The Labute approximate surface area is 139 Å². The van der Waals surface area contributed by atoms with Crippen molar-refractivity contribution in [3.05, 3.63) is 19.2 Å². The lowest BCUT2D eigenvalue weighted by molar-refractivity contribution is -0.140.